The van der Waals surface area contributed by atoms with Crippen LogP contribution in [0.15, 0.2) is 16.9 Å². The molecule has 7 nitrogen and oxygen atoms in total. The lowest BCUT2D eigenvalue weighted by atomic mass is 9.95. The first-order chi connectivity index (χ1) is 12.1. The highest BCUT2D eigenvalue weighted by molar-refractivity contribution is 5.94. The van der Waals surface area contributed by atoms with Crippen LogP contribution in [0.2, 0.25) is 0 Å². The summed E-state index contributed by atoms with van der Waals surface area (Å²) < 4.78 is 5.30. The number of morpholine rings is 1. The lowest BCUT2D eigenvalue weighted by Crippen LogP contribution is -2.49. The van der Waals surface area contributed by atoms with E-state index in [2.05, 4.69) is 4.98 Å². The molecule has 0 radical (unpaired) electrons. The summed E-state index contributed by atoms with van der Waals surface area (Å²) in [5.74, 6) is -0.218. The highest BCUT2D eigenvalue weighted by Gasteiger charge is 2.32. The van der Waals surface area contributed by atoms with Gasteiger partial charge in [0.15, 0.2) is 0 Å². The summed E-state index contributed by atoms with van der Waals surface area (Å²) in [5.41, 5.74) is 0.884. The monoisotopic (exact) mass is 347 g/mol. The lowest BCUT2D eigenvalue weighted by Gasteiger charge is -2.36. The van der Waals surface area contributed by atoms with Gasteiger partial charge in [0, 0.05) is 43.5 Å². The molecule has 2 amide bonds. The first-order valence-electron chi connectivity index (χ1n) is 8.97. The summed E-state index contributed by atoms with van der Waals surface area (Å²) in [6.07, 6.45) is 2.26. The molecule has 1 aromatic heterocycles. The van der Waals surface area contributed by atoms with Crippen LogP contribution in [0.1, 0.15) is 35.8 Å². The topological polar surface area (TPSA) is 82.7 Å². The lowest BCUT2D eigenvalue weighted by molar-refractivity contribution is -0.141. The largest absolute Gasteiger partial charge is 0.378 e. The summed E-state index contributed by atoms with van der Waals surface area (Å²) in [7, 11) is 0. The molecule has 2 aliphatic rings. The number of hydrogen-bond acceptors (Lipinski definition) is 4. The molecule has 1 N–H and O–H groups in total. The molecule has 0 aromatic carbocycles. The number of hydrogen-bond donors (Lipinski definition) is 1. The highest BCUT2D eigenvalue weighted by atomic mass is 16.5. The Morgan fingerprint density at radius 2 is 1.96 bits per heavy atom. The number of nitrogens with zero attached hydrogens (tertiary/aromatic N) is 2. The predicted octanol–water partition coefficient (Wildman–Crippen LogP) is 0.648. The standard InChI is InChI=1S/C18H25N3O4/c1-2-15-10-14(11-16(22)19-15)18(24)21-5-3-4-13(12-21)17(23)20-6-8-25-9-7-20/h10-11,13H,2-9,12H2,1H3,(H,19,22). The molecule has 1 unspecified atom stereocenters. The Labute approximate surface area is 147 Å². The number of amides is 2. The fourth-order valence-corrected chi connectivity index (χ4v) is 3.50. The van der Waals surface area contributed by atoms with Crippen molar-refractivity contribution in [3.05, 3.63) is 33.7 Å². The Bertz CT molecular complexity index is 694. The molecule has 0 bridgehead atoms. The minimum absolute atomic E-state index is 0.112. The smallest absolute Gasteiger partial charge is 0.254 e. The summed E-state index contributed by atoms with van der Waals surface area (Å²) in [4.78, 5) is 43.5. The van der Waals surface area contributed by atoms with E-state index in [9.17, 15) is 14.4 Å². The van der Waals surface area contributed by atoms with E-state index in [1.807, 2.05) is 11.8 Å². The molecule has 2 aliphatic heterocycles. The number of aromatic nitrogens is 1. The quantitative estimate of drug-likeness (QED) is 0.870. The number of likely N-dealkylation sites (tertiary alicyclic amines) is 1. The molecular formula is C18H25N3O4. The van der Waals surface area contributed by atoms with Crippen molar-refractivity contribution in [2.75, 3.05) is 39.4 Å². The number of carbonyl (C=O) groups excluding carboxylic acids is 2. The SMILES string of the molecule is CCc1cc(C(=O)N2CCCC(C(=O)N3CCOCC3)C2)cc(=O)[nH]1. The van der Waals surface area contributed by atoms with E-state index in [1.54, 1.807) is 11.0 Å². The summed E-state index contributed by atoms with van der Waals surface area (Å²) in [6.45, 7) is 5.37. The average molecular weight is 347 g/mol. The van der Waals surface area contributed by atoms with E-state index >= 15 is 0 Å². The number of nitrogens with one attached hydrogen (secondary N) is 1. The maximum absolute atomic E-state index is 12.8. The zero-order valence-corrected chi connectivity index (χ0v) is 14.6. The van der Waals surface area contributed by atoms with Crippen LogP contribution in [0.25, 0.3) is 0 Å². The van der Waals surface area contributed by atoms with E-state index in [-0.39, 0.29) is 23.3 Å². The third-order valence-electron chi connectivity index (χ3n) is 4.91. The molecule has 0 saturated carbocycles. The molecular weight excluding hydrogens is 322 g/mol. The van der Waals surface area contributed by atoms with Crippen LogP contribution in [0.5, 0.6) is 0 Å². The Balaban J connectivity index is 1.70. The minimum atomic E-state index is -0.263. The molecule has 7 heteroatoms. The molecule has 1 atom stereocenters. The van der Waals surface area contributed by atoms with Crippen LogP contribution in [-0.4, -0.2) is 66.0 Å². The van der Waals surface area contributed by atoms with Crippen molar-refractivity contribution in [3.8, 4) is 0 Å². The van der Waals surface area contributed by atoms with Crippen LogP contribution >= 0.6 is 0 Å². The second kappa shape index (κ2) is 7.82. The van der Waals surface area contributed by atoms with Crippen molar-refractivity contribution < 1.29 is 14.3 Å². The first-order valence-corrected chi connectivity index (χ1v) is 8.97. The Kier molecular flexibility index (Phi) is 5.53. The first kappa shape index (κ1) is 17.7. The van der Waals surface area contributed by atoms with E-state index in [4.69, 9.17) is 4.74 Å². The van der Waals surface area contributed by atoms with Gasteiger partial charge >= 0.3 is 0 Å². The molecule has 3 rings (SSSR count). The molecule has 1 aromatic rings. The van der Waals surface area contributed by atoms with Crippen LogP contribution in [0.4, 0.5) is 0 Å². The van der Waals surface area contributed by atoms with Crippen molar-refractivity contribution in [2.45, 2.75) is 26.2 Å². The molecule has 2 saturated heterocycles. The van der Waals surface area contributed by atoms with Gasteiger partial charge in [0.25, 0.3) is 5.91 Å². The number of carbonyl (C=O) groups is 2. The van der Waals surface area contributed by atoms with E-state index in [0.29, 0.717) is 51.4 Å². The van der Waals surface area contributed by atoms with Crippen molar-refractivity contribution in [1.29, 1.82) is 0 Å². The van der Waals surface area contributed by atoms with Gasteiger partial charge in [-0.25, -0.2) is 0 Å². The Hall–Kier alpha value is -2.15. The molecule has 136 valence electrons. The maximum Gasteiger partial charge on any atom is 0.254 e. The summed E-state index contributed by atoms with van der Waals surface area (Å²) in [5, 5.41) is 0. The van der Waals surface area contributed by atoms with E-state index < -0.39 is 0 Å². The summed E-state index contributed by atoms with van der Waals surface area (Å²) in [6, 6.07) is 3.08. The van der Waals surface area contributed by atoms with E-state index in [0.717, 1.165) is 18.5 Å². The fourth-order valence-electron chi connectivity index (χ4n) is 3.50. The van der Waals surface area contributed by atoms with Crippen LogP contribution < -0.4 is 5.56 Å². The number of piperidine rings is 1. The Morgan fingerprint density at radius 1 is 1.20 bits per heavy atom. The predicted molar refractivity (Wildman–Crippen MR) is 92.5 cm³/mol. The fraction of sp³-hybridized carbons (Fsp3) is 0.611. The van der Waals surface area contributed by atoms with Gasteiger partial charge in [0.2, 0.25) is 11.5 Å². The molecule has 3 heterocycles. The zero-order valence-electron chi connectivity index (χ0n) is 14.6. The molecule has 0 aliphatic carbocycles. The van der Waals surface area contributed by atoms with Crippen molar-refractivity contribution >= 4 is 11.8 Å². The number of rotatable bonds is 3. The number of pyridine rings is 1. The van der Waals surface area contributed by atoms with Gasteiger partial charge in [-0.15, -0.1) is 0 Å². The van der Waals surface area contributed by atoms with Gasteiger partial charge in [0.05, 0.1) is 19.1 Å². The van der Waals surface area contributed by atoms with Crippen molar-refractivity contribution in [1.82, 2.24) is 14.8 Å². The normalized spacial score (nSPS) is 21.2. The van der Waals surface area contributed by atoms with E-state index in [1.165, 1.54) is 6.07 Å². The van der Waals surface area contributed by atoms with Crippen molar-refractivity contribution in [2.24, 2.45) is 5.92 Å². The number of ether oxygens (including phenoxy) is 1. The van der Waals surface area contributed by atoms with Gasteiger partial charge in [-0.3, -0.25) is 14.4 Å². The van der Waals surface area contributed by atoms with Crippen LogP contribution in [0, 0.1) is 5.92 Å². The van der Waals surface area contributed by atoms with Crippen LogP contribution in [0.3, 0.4) is 0 Å². The molecule has 0 spiro atoms. The zero-order chi connectivity index (χ0) is 17.8. The number of aryl methyl sites for hydroxylation is 1. The Morgan fingerprint density at radius 3 is 2.68 bits per heavy atom. The minimum Gasteiger partial charge on any atom is -0.378 e. The van der Waals surface area contributed by atoms with Gasteiger partial charge in [0.1, 0.15) is 0 Å². The maximum atomic E-state index is 12.8. The second-order valence-electron chi connectivity index (χ2n) is 6.64. The highest BCUT2D eigenvalue weighted by Crippen LogP contribution is 2.21. The molecule has 25 heavy (non-hydrogen) atoms. The van der Waals surface area contributed by atoms with Gasteiger partial charge in [-0.2, -0.15) is 0 Å². The van der Waals surface area contributed by atoms with Crippen molar-refractivity contribution in [3.63, 3.8) is 0 Å². The van der Waals surface area contributed by atoms with Gasteiger partial charge in [-0.05, 0) is 25.3 Å². The summed E-state index contributed by atoms with van der Waals surface area (Å²) >= 11 is 0. The van der Waals surface area contributed by atoms with Gasteiger partial charge in [-0.1, -0.05) is 6.92 Å². The number of H-pyrrole nitrogens is 1. The van der Waals surface area contributed by atoms with Gasteiger partial charge < -0.3 is 19.5 Å². The second-order valence-corrected chi connectivity index (χ2v) is 6.64. The third-order valence-corrected chi connectivity index (χ3v) is 4.91. The molecule has 2 fully saturated rings. The number of aromatic amines is 1. The van der Waals surface area contributed by atoms with Crippen LogP contribution in [-0.2, 0) is 16.0 Å². The average Bonchev–Trinajstić information content (AvgIpc) is 2.67. The third kappa shape index (κ3) is 4.10.